The van der Waals surface area contributed by atoms with E-state index < -0.39 is 0 Å². The highest BCUT2D eigenvalue weighted by Gasteiger charge is 1.99. The molecule has 0 aliphatic rings. The third-order valence-electron chi connectivity index (χ3n) is 2.84. The van der Waals surface area contributed by atoms with Crippen molar-refractivity contribution in [3.63, 3.8) is 0 Å². The Morgan fingerprint density at radius 3 is 2.79 bits per heavy atom. The molecule has 102 valence electrons. The molecular formula is C15H19NO2S. The van der Waals surface area contributed by atoms with Gasteiger partial charge in [-0.1, -0.05) is 6.07 Å². The van der Waals surface area contributed by atoms with Crippen LogP contribution in [0.25, 0.3) is 0 Å². The second kappa shape index (κ2) is 7.16. The summed E-state index contributed by atoms with van der Waals surface area (Å²) in [5.74, 6) is 1.66. The van der Waals surface area contributed by atoms with E-state index in [4.69, 9.17) is 9.47 Å². The minimum atomic E-state index is 0.650. The van der Waals surface area contributed by atoms with Crippen LogP contribution in [-0.4, -0.2) is 20.3 Å². The summed E-state index contributed by atoms with van der Waals surface area (Å²) in [6.45, 7) is 4.53. The van der Waals surface area contributed by atoms with E-state index in [-0.39, 0.29) is 0 Å². The van der Waals surface area contributed by atoms with E-state index in [1.165, 1.54) is 10.4 Å². The van der Waals surface area contributed by atoms with Gasteiger partial charge in [-0.15, -0.1) is 11.3 Å². The molecule has 1 aromatic carbocycles. The van der Waals surface area contributed by atoms with Gasteiger partial charge in [0.1, 0.15) is 18.1 Å². The highest BCUT2D eigenvalue weighted by molar-refractivity contribution is 7.10. The van der Waals surface area contributed by atoms with E-state index in [0.29, 0.717) is 6.61 Å². The van der Waals surface area contributed by atoms with Crippen molar-refractivity contribution in [2.75, 3.05) is 20.3 Å². The molecule has 1 heterocycles. The Bertz CT molecular complexity index is 510. The van der Waals surface area contributed by atoms with Gasteiger partial charge in [-0.25, -0.2) is 0 Å². The zero-order valence-electron chi connectivity index (χ0n) is 11.3. The number of methoxy groups -OCH3 is 1. The van der Waals surface area contributed by atoms with E-state index >= 15 is 0 Å². The van der Waals surface area contributed by atoms with Gasteiger partial charge >= 0.3 is 0 Å². The van der Waals surface area contributed by atoms with Crippen molar-refractivity contribution in [1.82, 2.24) is 5.32 Å². The Hall–Kier alpha value is -1.52. The lowest BCUT2D eigenvalue weighted by atomic mass is 10.3. The molecular weight excluding hydrogens is 258 g/mol. The molecule has 3 nitrogen and oxygen atoms in total. The normalized spacial score (nSPS) is 10.4. The highest BCUT2D eigenvalue weighted by atomic mass is 32.1. The number of ether oxygens (including phenoxy) is 2. The molecule has 0 saturated carbocycles. The highest BCUT2D eigenvalue weighted by Crippen LogP contribution is 2.18. The predicted octanol–water partition coefficient (Wildman–Crippen LogP) is 3.23. The van der Waals surface area contributed by atoms with Crippen molar-refractivity contribution in [3.05, 3.63) is 46.2 Å². The average molecular weight is 277 g/mol. The van der Waals surface area contributed by atoms with E-state index in [1.54, 1.807) is 18.4 Å². The average Bonchev–Trinajstić information content (AvgIpc) is 2.84. The number of rotatable bonds is 7. The molecule has 0 radical (unpaired) electrons. The molecule has 0 fully saturated rings. The number of hydrogen-bond donors (Lipinski definition) is 1. The monoisotopic (exact) mass is 277 g/mol. The summed E-state index contributed by atoms with van der Waals surface area (Å²) >= 11 is 1.79. The molecule has 2 rings (SSSR count). The first-order valence-corrected chi connectivity index (χ1v) is 7.18. The SMILES string of the molecule is COc1cccc(OCCNCc2sccc2C)c1. The molecule has 0 spiro atoms. The maximum absolute atomic E-state index is 5.66. The van der Waals surface area contributed by atoms with Crippen molar-refractivity contribution < 1.29 is 9.47 Å². The van der Waals surface area contributed by atoms with Crippen molar-refractivity contribution in [1.29, 1.82) is 0 Å². The quantitative estimate of drug-likeness (QED) is 0.788. The molecule has 1 N–H and O–H groups in total. The minimum Gasteiger partial charge on any atom is -0.497 e. The first-order chi connectivity index (χ1) is 9.29. The molecule has 0 aliphatic heterocycles. The maximum atomic E-state index is 5.66. The lowest BCUT2D eigenvalue weighted by Crippen LogP contribution is -2.20. The Labute approximate surface area is 118 Å². The van der Waals surface area contributed by atoms with Gasteiger partial charge in [0, 0.05) is 24.0 Å². The third kappa shape index (κ3) is 4.26. The van der Waals surface area contributed by atoms with Crippen LogP contribution in [0.15, 0.2) is 35.7 Å². The smallest absolute Gasteiger partial charge is 0.123 e. The van der Waals surface area contributed by atoms with Crippen LogP contribution in [0.3, 0.4) is 0 Å². The Morgan fingerprint density at radius 2 is 2.05 bits per heavy atom. The van der Waals surface area contributed by atoms with Gasteiger partial charge in [0.05, 0.1) is 7.11 Å². The summed E-state index contributed by atoms with van der Waals surface area (Å²) < 4.78 is 10.8. The first kappa shape index (κ1) is 13.9. The zero-order valence-corrected chi connectivity index (χ0v) is 12.1. The fourth-order valence-corrected chi connectivity index (χ4v) is 2.59. The van der Waals surface area contributed by atoms with E-state index in [2.05, 4.69) is 23.7 Å². The van der Waals surface area contributed by atoms with Crippen LogP contribution in [-0.2, 0) is 6.54 Å². The van der Waals surface area contributed by atoms with Crippen LogP contribution >= 0.6 is 11.3 Å². The standard InChI is InChI=1S/C15H19NO2S/c1-12-6-9-19-15(12)11-16-7-8-18-14-5-3-4-13(10-14)17-2/h3-6,9-10,16H,7-8,11H2,1-2H3. The Morgan fingerprint density at radius 1 is 1.21 bits per heavy atom. The number of nitrogens with one attached hydrogen (secondary N) is 1. The van der Waals surface area contributed by atoms with Crippen molar-refractivity contribution >= 4 is 11.3 Å². The second-order valence-electron chi connectivity index (χ2n) is 4.23. The van der Waals surface area contributed by atoms with Crippen molar-refractivity contribution in [2.45, 2.75) is 13.5 Å². The number of thiophene rings is 1. The summed E-state index contributed by atoms with van der Waals surface area (Å²) in [6.07, 6.45) is 0. The van der Waals surface area contributed by atoms with Gasteiger partial charge in [-0.3, -0.25) is 0 Å². The third-order valence-corrected chi connectivity index (χ3v) is 3.87. The van der Waals surface area contributed by atoms with Crippen LogP contribution < -0.4 is 14.8 Å². The Balaban J connectivity index is 1.68. The topological polar surface area (TPSA) is 30.5 Å². The van der Waals surface area contributed by atoms with Gasteiger partial charge in [0.25, 0.3) is 0 Å². The summed E-state index contributed by atoms with van der Waals surface area (Å²) in [5.41, 5.74) is 1.35. The summed E-state index contributed by atoms with van der Waals surface area (Å²) in [4.78, 5) is 1.39. The van der Waals surface area contributed by atoms with E-state index in [0.717, 1.165) is 24.6 Å². The van der Waals surface area contributed by atoms with E-state index in [1.807, 2.05) is 24.3 Å². The molecule has 0 aliphatic carbocycles. The van der Waals surface area contributed by atoms with Crippen molar-refractivity contribution in [2.24, 2.45) is 0 Å². The van der Waals surface area contributed by atoms with Gasteiger partial charge in [-0.2, -0.15) is 0 Å². The molecule has 0 amide bonds. The van der Waals surface area contributed by atoms with Gasteiger partial charge in [-0.05, 0) is 36.1 Å². The van der Waals surface area contributed by atoms with Gasteiger partial charge < -0.3 is 14.8 Å². The molecule has 2 aromatic rings. The minimum absolute atomic E-state index is 0.650. The largest absolute Gasteiger partial charge is 0.497 e. The van der Waals surface area contributed by atoms with E-state index in [9.17, 15) is 0 Å². The second-order valence-corrected chi connectivity index (χ2v) is 5.23. The summed E-state index contributed by atoms with van der Waals surface area (Å²) in [6, 6.07) is 9.81. The van der Waals surface area contributed by atoms with Crippen LogP contribution in [0.4, 0.5) is 0 Å². The molecule has 0 unspecified atom stereocenters. The van der Waals surface area contributed by atoms with Crippen LogP contribution in [0.1, 0.15) is 10.4 Å². The fraction of sp³-hybridized carbons (Fsp3) is 0.333. The molecule has 0 bridgehead atoms. The van der Waals surface area contributed by atoms with Crippen LogP contribution in [0, 0.1) is 6.92 Å². The van der Waals surface area contributed by atoms with Crippen molar-refractivity contribution in [3.8, 4) is 11.5 Å². The Kier molecular flexibility index (Phi) is 5.24. The van der Waals surface area contributed by atoms with Crippen LogP contribution in [0.5, 0.6) is 11.5 Å². The summed E-state index contributed by atoms with van der Waals surface area (Å²) in [7, 11) is 1.66. The molecule has 0 saturated heterocycles. The number of aryl methyl sites for hydroxylation is 1. The summed E-state index contributed by atoms with van der Waals surface area (Å²) in [5, 5.41) is 5.51. The molecule has 4 heteroatoms. The fourth-order valence-electron chi connectivity index (χ4n) is 1.72. The zero-order chi connectivity index (χ0) is 13.5. The molecule has 0 atom stereocenters. The molecule has 19 heavy (non-hydrogen) atoms. The molecule has 1 aromatic heterocycles. The van der Waals surface area contributed by atoms with Crippen LogP contribution in [0.2, 0.25) is 0 Å². The number of benzene rings is 1. The van der Waals surface area contributed by atoms with Gasteiger partial charge in [0.15, 0.2) is 0 Å². The number of hydrogen-bond acceptors (Lipinski definition) is 4. The first-order valence-electron chi connectivity index (χ1n) is 6.30. The predicted molar refractivity (Wildman–Crippen MR) is 79.3 cm³/mol. The maximum Gasteiger partial charge on any atom is 0.123 e. The lowest BCUT2D eigenvalue weighted by molar-refractivity contribution is 0.311. The van der Waals surface area contributed by atoms with Gasteiger partial charge in [0.2, 0.25) is 0 Å². The lowest BCUT2D eigenvalue weighted by Gasteiger charge is -2.08.